The number of carbonyl (C=O) groups is 1. The summed E-state index contributed by atoms with van der Waals surface area (Å²) in [4.78, 5) is 22.5. The van der Waals surface area contributed by atoms with E-state index in [4.69, 9.17) is 15.7 Å². The summed E-state index contributed by atoms with van der Waals surface area (Å²) in [5.41, 5.74) is 11.4. The fourth-order valence-electron chi connectivity index (χ4n) is 3.31. The zero-order valence-electron chi connectivity index (χ0n) is 16.2. The van der Waals surface area contributed by atoms with E-state index in [1.165, 1.54) is 0 Å². The van der Waals surface area contributed by atoms with E-state index in [0.717, 1.165) is 28.7 Å². The van der Waals surface area contributed by atoms with Crippen LogP contribution in [0, 0.1) is 6.92 Å². The predicted octanol–water partition coefficient (Wildman–Crippen LogP) is 3.99. The van der Waals surface area contributed by atoms with Gasteiger partial charge in [-0.3, -0.25) is 9.36 Å². The van der Waals surface area contributed by atoms with Crippen LogP contribution < -0.4 is 11.1 Å². The Morgan fingerprint density at radius 3 is 2.54 bits per heavy atom. The van der Waals surface area contributed by atoms with Crippen molar-refractivity contribution in [3.05, 3.63) is 59.7 Å². The van der Waals surface area contributed by atoms with Gasteiger partial charge in [-0.1, -0.05) is 31.2 Å². The van der Waals surface area contributed by atoms with E-state index in [0.29, 0.717) is 22.5 Å². The molecule has 3 N–H and O–H groups in total. The number of para-hydroxylation sites is 2. The molecule has 142 valence electrons. The van der Waals surface area contributed by atoms with E-state index in [1.54, 1.807) is 0 Å². The highest BCUT2D eigenvalue weighted by atomic mass is 16.1. The number of nitrogen functional groups attached to an aromatic ring is 1. The van der Waals surface area contributed by atoms with E-state index in [2.05, 4.69) is 5.32 Å². The van der Waals surface area contributed by atoms with Crippen molar-refractivity contribution in [2.45, 2.75) is 33.2 Å². The number of aryl methyl sites for hydroxylation is 1. The van der Waals surface area contributed by atoms with Gasteiger partial charge in [0.1, 0.15) is 16.9 Å². The number of nitrogens with two attached hydrogens (primary N) is 1. The van der Waals surface area contributed by atoms with Gasteiger partial charge in [-0.05, 0) is 50.1 Å². The summed E-state index contributed by atoms with van der Waals surface area (Å²) in [5.74, 6) is 0.115. The van der Waals surface area contributed by atoms with E-state index >= 15 is 0 Å². The SMILES string of the molecule is CC[C@@H](C)NC(=O)c1c(N)n(-c2cccc(C)c2)c2nc3ccccc3nc12. The molecule has 2 aromatic heterocycles. The normalized spacial score (nSPS) is 12.4. The molecule has 2 heterocycles. The van der Waals surface area contributed by atoms with Crippen LogP contribution in [-0.4, -0.2) is 26.5 Å². The maximum absolute atomic E-state index is 13.0. The number of anilines is 1. The summed E-state index contributed by atoms with van der Waals surface area (Å²) in [5, 5.41) is 3.00. The Morgan fingerprint density at radius 1 is 1.14 bits per heavy atom. The first-order valence-corrected chi connectivity index (χ1v) is 9.44. The average molecular weight is 373 g/mol. The van der Waals surface area contributed by atoms with Crippen LogP contribution in [0.15, 0.2) is 48.5 Å². The first kappa shape index (κ1) is 18.0. The Balaban J connectivity index is 2.04. The standard InChI is InChI=1S/C22H23N5O/c1-4-14(3)24-22(28)18-19-21(26-17-11-6-5-10-16(17)25-19)27(20(18)23)15-9-7-8-13(2)12-15/h5-12,14H,4,23H2,1-3H3,(H,24,28)/t14-/m1/s1. The van der Waals surface area contributed by atoms with Crippen LogP contribution >= 0.6 is 0 Å². The molecule has 0 aliphatic carbocycles. The largest absolute Gasteiger partial charge is 0.384 e. The van der Waals surface area contributed by atoms with Gasteiger partial charge < -0.3 is 11.1 Å². The van der Waals surface area contributed by atoms with Crippen LogP contribution in [0.2, 0.25) is 0 Å². The first-order valence-electron chi connectivity index (χ1n) is 9.44. The molecule has 0 aliphatic rings. The number of carbonyl (C=O) groups excluding carboxylic acids is 1. The molecule has 2 aromatic carbocycles. The second-order valence-corrected chi connectivity index (χ2v) is 7.10. The topological polar surface area (TPSA) is 85.8 Å². The molecule has 0 radical (unpaired) electrons. The fourth-order valence-corrected chi connectivity index (χ4v) is 3.31. The molecule has 6 nitrogen and oxygen atoms in total. The second-order valence-electron chi connectivity index (χ2n) is 7.10. The van der Waals surface area contributed by atoms with Gasteiger partial charge >= 0.3 is 0 Å². The quantitative estimate of drug-likeness (QED) is 0.566. The van der Waals surface area contributed by atoms with E-state index < -0.39 is 0 Å². The Hall–Kier alpha value is -3.41. The van der Waals surface area contributed by atoms with Gasteiger partial charge in [0.2, 0.25) is 0 Å². The monoisotopic (exact) mass is 373 g/mol. The van der Waals surface area contributed by atoms with Crippen molar-refractivity contribution < 1.29 is 4.79 Å². The third-order valence-corrected chi connectivity index (χ3v) is 4.97. The van der Waals surface area contributed by atoms with Gasteiger partial charge in [0.05, 0.1) is 11.0 Å². The lowest BCUT2D eigenvalue weighted by molar-refractivity contribution is 0.0941. The van der Waals surface area contributed by atoms with E-state index in [1.807, 2.05) is 73.9 Å². The molecule has 0 bridgehead atoms. The van der Waals surface area contributed by atoms with Crippen molar-refractivity contribution in [1.82, 2.24) is 19.9 Å². The lowest BCUT2D eigenvalue weighted by atomic mass is 10.2. The molecule has 0 saturated carbocycles. The number of aromatic nitrogens is 3. The highest BCUT2D eigenvalue weighted by molar-refractivity contribution is 6.11. The van der Waals surface area contributed by atoms with Gasteiger partial charge in [-0.25, -0.2) is 9.97 Å². The minimum absolute atomic E-state index is 0.0395. The summed E-state index contributed by atoms with van der Waals surface area (Å²) in [6.07, 6.45) is 0.830. The Kier molecular flexibility index (Phi) is 4.47. The third kappa shape index (κ3) is 2.97. The molecule has 1 atom stereocenters. The van der Waals surface area contributed by atoms with Crippen LogP contribution in [0.5, 0.6) is 0 Å². The lowest BCUT2D eigenvalue weighted by Gasteiger charge is -2.12. The second kappa shape index (κ2) is 6.96. The zero-order valence-corrected chi connectivity index (χ0v) is 16.2. The molecule has 4 rings (SSSR count). The summed E-state index contributed by atoms with van der Waals surface area (Å²) in [6.45, 7) is 6.01. The summed E-state index contributed by atoms with van der Waals surface area (Å²) < 4.78 is 1.81. The first-order chi connectivity index (χ1) is 13.5. The Bertz CT molecular complexity index is 1190. The number of rotatable bonds is 4. The number of benzene rings is 2. The average Bonchev–Trinajstić information content (AvgIpc) is 2.96. The fraction of sp³-hybridized carbons (Fsp3) is 0.227. The van der Waals surface area contributed by atoms with Crippen molar-refractivity contribution in [2.24, 2.45) is 0 Å². The Morgan fingerprint density at radius 2 is 1.86 bits per heavy atom. The summed E-state index contributed by atoms with van der Waals surface area (Å²) in [6, 6.07) is 15.6. The lowest BCUT2D eigenvalue weighted by Crippen LogP contribution is -2.32. The van der Waals surface area contributed by atoms with Gasteiger partial charge in [-0.15, -0.1) is 0 Å². The summed E-state index contributed by atoms with van der Waals surface area (Å²) >= 11 is 0. The van der Waals surface area contributed by atoms with Crippen molar-refractivity contribution in [3.8, 4) is 5.69 Å². The van der Waals surface area contributed by atoms with Crippen LogP contribution in [0.3, 0.4) is 0 Å². The number of hydrogen-bond acceptors (Lipinski definition) is 4. The molecular formula is C22H23N5O. The molecule has 6 heteroatoms. The van der Waals surface area contributed by atoms with Crippen molar-refractivity contribution in [2.75, 3.05) is 5.73 Å². The number of nitrogens with one attached hydrogen (secondary N) is 1. The number of hydrogen-bond donors (Lipinski definition) is 2. The van der Waals surface area contributed by atoms with Crippen molar-refractivity contribution in [3.63, 3.8) is 0 Å². The number of nitrogens with zero attached hydrogens (tertiary/aromatic N) is 3. The zero-order chi connectivity index (χ0) is 19.8. The number of amides is 1. The highest BCUT2D eigenvalue weighted by Gasteiger charge is 2.25. The van der Waals surface area contributed by atoms with Gasteiger partial charge in [-0.2, -0.15) is 0 Å². The van der Waals surface area contributed by atoms with Crippen LogP contribution in [0.4, 0.5) is 5.82 Å². The molecular weight excluding hydrogens is 350 g/mol. The molecule has 0 spiro atoms. The van der Waals surface area contributed by atoms with Gasteiger partial charge in [0.25, 0.3) is 5.91 Å². The van der Waals surface area contributed by atoms with Crippen molar-refractivity contribution in [1.29, 1.82) is 0 Å². The van der Waals surface area contributed by atoms with Crippen LogP contribution in [-0.2, 0) is 0 Å². The molecule has 0 fully saturated rings. The van der Waals surface area contributed by atoms with Crippen LogP contribution in [0.1, 0.15) is 36.2 Å². The minimum Gasteiger partial charge on any atom is -0.384 e. The van der Waals surface area contributed by atoms with Gasteiger partial charge in [0, 0.05) is 11.7 Å². The minimum atomic E-state index is -0.229. The van der Waals surface area contributed by atoms with Crippen LogP contribution in [0.25, 0.3) is 27.9 Å². The smallest absolute Gasteiger partial charge is 0.257 e. The maximum Gasteiger partial charge on any atom is 0.257 e. The molecule has 0 unspecified atom stereocenters. The molecule has 4 aromatic rings. The number of fused-ring (bicyclic) bond motifs is 2. The molecule has 0 aliphatic heterocycles. The molecule has 28 heavy (non-hydrogen) atoms. The maximum atomic E-state index is 13.0. The van der Waals surface area contributed by atoms with E-state index in [-0.39, 0.29) is 11.9 Å². The van der Waals surface area contributed by atoms with E-state index in [9.17, 15) is 4.79 Å². The third-order valence-electron chi connectivity index (χ3n) is 4.97. The molecule has 1 amide bonds. The highest BCUT2D eigenvalue weighted by Crippen LogP contribution is 2.31. The predicted molar refractivity (Wildman–Crippen MR) is 113 cm³/mol. The Labute approximate surface area is 163 Å². The summed E-state index contributed by atoms with van der Waals surface area (Å²) in [7, 11) is 0. The van der Waals surface area contributed by atoms with Crippen molar-refractivity contribution >= 4 is 33.9 Å². The molecule has 0 saturated heterocycles. The van der Waals surface area contributed by atoms with Gasteiger partial charge in [0.15, 0.2) is 5.65 Å².